The molecule has 3 unspecified atom stereocenters. The topological polar surface area (TPSA) is 46.6 Å². The third kappa shape index (κ3) is 1.96. The summed E-state index contributed by atoms with van der Waals surface area (Å²) in [5, 5.41) is 0. The molecule has 0 aliphatic heterocycles. The standard InChI is InChI=1S/C12H17NO3/c1-13(7-11(14)16-2)12(15)10-6-8-3-4-9(10)5-8/h3-4,8-10H,5-7H2,1-2H3. The maximum absolute atomic E-state index is 12.1. The highest BCUT2D eigenvalue weighted by Crippen LogP contribution is 2.43. The summed E-state index contributed by atoms with van der Waals surface area (Å²) >= 11 is 0. The molecule has 88 valence electrons. The van der Waals surface area contributed by atoms with Gasteiger partial charge in [-0.15, -0.1) is 0 Å². The lowest BCUT2D eigenvalue weighted by Gasteiger charge is -2.23. The van der Waals surface area contributed by atoms with Gasteiger partial charge in [0.15, 0.2) is 0 Å². The molecule has 2 bridgehead atoms. The number of fused-ring (bicyclic) bond motifs is 2. The summed E-state index contributed by atoms with van der Waals surface area (Å²) in [5.41, 5.74) is 0. The number of carbonyl (C=O) groups is 2. The van der Waals surface area contributed by atoms with Crippen molar-refractivity contribution in [3.8, 4) is 0 Å². The zero-order valence-electron chi connectivity index (χ0n) is 9.68. The van der Waals surface area contributed by atoms with Crippen molar-refractivity contribution in [1.29, 1.82) is 0 Å². The summed E-state index contributed by atoms with van der Waals surface area (Å²) in [5.74, 6) is 0.740. The Kier molecular flexibility index (Phi) is 2.99. The summed E-state index contributed by atoms with van der Waals surface area (Å²) < 4.78 is 4.55. The molecule has 4 heteroatoms. The molecule has 1 saturated carbocycles. The second-order valence-corrected chi connectivity index (χ2v) is 4.66. The van der Waals surface area contributed by atoms with Gasteiger partial charge in [-0.2, -0.15) is 0 Å². The smallest absolute Gasteiger partial charge is 0.325 e. The summed E-state index contributed by atoms with van der Waals surface area (Å²) in [6.07, 6.45) is 6.38. The molecule has 0 saturated heterocycles. The van der Waals surface area contributed by atoms with Crippen molar-refractivity contribution in [3.63, 3.8) is 0 Å². The van der Waals surface area contributed by atoms with E-state index in [1.165, 1.54) is 12.0 Å². The number of ether oxygens (including phenoxy) is 1. The van der Waals surface area contributed by atoms with Gasteiger partial charge >= 0.3 is 5.97 Å². The Bertz CT molecular complexity index is 337. The molecular weight excluding hydrogens is 206 g/mol. The van der Waals surface area contributed by atoms with E-state index in [2.05, 4.69) is 16.9 Å². The molecule has 0 N–H and O–H groups in total. The van der Waals surface area contributed by atoms with Crippen LogP contribution < -0.4 is 0 Å². The Morgan fingerprint density at radius 2 is 2.12 bits per heavy atom. The Morgan fingerprint density at radius 3 is 2.62 bits per heavy atom. The fraction of sp³-hybridized carbons (Fsp3) is 0.667. The molecule has 0 spiro atoms. The summed E-state index contributed by atoms with van der Waals surface area (Å²) in [7, 11) is 3.00. The van der Waals surface area contributed by atoms with Crippen molar-refractivity contribution < 1.29 is 14.3 Å². The molecule has 0 aromatic heterocycles. The van der Waals surface area contributed by atoms with E-state index < -0.39 is 0 Å². The van der Waals surface area contributed by atoms with Gasteiger partial charge in [0.1, 0.15) is 6.54 Å². The number of carbonyl (C=O) groups excluding carboxylic acids is 2. The second-order valence-electron chi connectivity index (χ2n) is 4.66. The van der Waals surface area contributed by atoms with Gasteiger partial charge in [0, 0.05) is 13.0 Å². The van der Waals surface area contributed by atoms with Crippen LogP contribution >= 0.6 is 0 Å². The van der Waals surface area contributed by atoms with E-state index >= 15 is 0 Å². The number of rotatable bonds is 3. The van der Waals surface area contributed by atoms with Gasteiger partial charge in [0.25, 0.3) is 0 Å². The van der Waals surface area contributed by atoms with Gasteiger partial charge in [-0.25, -0.2) is 0 Å². The SMILES string of the molecule is COC(=O)CN(C)C(=O)C1CC2C=CC1C2. The van der Waals surface area contributed by atoms with Gasteiger partial charge in [0.05, 0.1) is 7.11 Å². The molecule has 1 fully saturated rings. The highest BCUT2D eigenvalue weighted by molar-refractivity contribution is 5.84. The average Bonchev–Trinajstić information content (AvgIpc) is 2.89. The normalized spacial score (nSPS) is 30.5. The summed E-state index contributed by atoms with van der Waals surface area (Å²) in [6, 6.07) is 0. The zero-order chi connectivity index (χ0) is 11.7. The monoisotopic (exact) mass is 223 g/mol. The van der Waals surface area contributed by atoms with E-state index in [-0.39, 0.29) is 24.3 Å². The van der Waals surface area contributed by atoms with Crippen molar-refractivity contribution in [3.05, 3.63) is 12.2 Å². The van der Waals surface area contributed by atoms with Crippen molar-refractivity contribution in [1.82, 2.24) is 4.90 Å². The Labute approximate surface area is 95.2 Å². The van der Waals surface area contributed by atoms with Crippen molar-refractivity contribution in [2.45, 2.75) is 12.8 Å². The van der Waals surface area contributed by atoms with E-state index in [0.29, 0.717) is 11.8 Å². The first kappa shape index (κ1) is 11.2. The fourth-order valence-corrected chi connectivity index (χ4v) is 2.68. The molecule has 1 amide bonds. The van der Waals surface area contributed by atoms with Crippen LogP contribution in [0.4, 0.5) is 0 Å². The first-order valence-electron chi connectivity index (χ1n) is 5.62. The van der Waals surface area contributed by atoms with E-state index in [1.54, 1.807) is 7.05 Å². The molecule has 16 heavy (non-hydrogen) atoms. The molecule has 0 heterocycles. The third-order valence-electron chi connectivity index (χ3n) is 3.57. The van der Waals surface area contributed by atoms with Crippen LogP contribution in [0.1, 0.15) is 12.8 Å². The zero-order valence-corrected chi connectivity index (χ0v) is 9.68. The molecule has 3 atom stereocenters. The number of allylic oxidation sites excluding steroid dienone is 2. The van der Waals surface area contributed by atoms with Crippen LogP contribution in [0.15, 0.2) is 12.2 Å². The van der Waals surface area contributed by atoms with Gasteiger partial charge in [0.2, 0.25) is 5.91 Å². The van der Waals surface area contributed by atoms with E-state index in [9.17, 15) is 9.59 Å². The lowest BCUT2D eigenvalue weighted by atomic mass is 9.92. The summed E-state index contributed by atoms with van der Waals surface area (Å²) in [6.45, 7) is 0.0485. The van der Waals surface area contributed by atoms with Crippen LogP contribution in [0, 0.1) is 17.8 Å². The van der Waals surface area contributed by atoms with Crippen LogP contribution in [-0.2, 0) is 14.3 Å². The number of esters is 1. The van der Waals surface area contributed by atoms with Gasteiger partial charge in [-0.3, -0.25) is 9.59 Å². The maximum Gasteiger partial charge on any atom is 0.325 e. The van der Waals surface area contributed by atoms with Crippen LogP contribution in [0.3, 0.4) is 0 Å². The molecular formula is C12H17NO3. The van der Waals surface area contributed by atoms with Crippen LogP contribution in [0.5, 0.6) is 0 Å². The van der Waals surface area contributed by atoms with E-state index in [0.717, 1.165) is 12.8 Å². The molecule has 2 aliphatic carbocycles. The molecule has 0 aromatic rings. The second kappa shape index (κ2) is 4.28. The number of hydrogen-bond donors (Lipinski definition) is 0. The molecule has 2 aliphatic rings. The van der Waals surface area contributed by atoms with E-state index in [4.69, 9.17) is 0 Å². The molecule has 2 rings (SSSR count). The minimum Gasteiger partial charge on any atom is -0.468 e. The number of amides is 1. The number of nitrogens with zero attached hydrogens (tertiary/aromatic N) is 1. The Balaban J connectivity index is 1.92. The highest BCUT2D eigenvalue weighted by atomic mass is 16.5. The largest absolute Gasteiger partial charge is 0.468 e. The highest BCUT2D eigenvalue weighted by Gasteiger charge is 2.41. The number of hydrogen-bond acceptors (Lipinski definition) is 3. The lowest BCUT2D eigenvalue weighted by molar-refractivity contribution is -0.147. The number of methoxy groups -OCH3 is 1. The van der Waals surface area contributed by atoms with Gasteiger partial charge < -0.3 is 9.64 Å². The first-order chi connectivity index (χ1) is 7.61. The van der Waals surface area contributed by atoms with E-state index in [1.807, 2.05) is 0 Å². The van der Waals surface area contributed by atoms with Crippen LogP contribution in [0.2, 0.25) is 0 Å². The number of likely N-dealkylation sites (N-methyl/N-ethyl adjacent to an activating group) is 1. The van der Waals surface area contributed by atoms with Gasteiger partial charge in [-0.05, 0) is 24.7 Å². The predicted octanol–water partition coefficient (Wildman–Crippen LogP) is 0.830. The minimum atomic E-state index is -0.366. The third-order valence-corrected chi connectivity index (χ3v) is 3.57. The Morgan fingerprint density at radius 1 is 1.38 bits per heavy atom. The molecule has 0 radical (unpaired) electrons. The fourth-order valence-electron chi connectivity index (χ4n) is 2.68. The molecule has 0 aromatic carbocycles. The van der Waals surface area contributed by atoms with Crippen molar-refractivity contribution in [2.24, 2.45) is 17.8 Å². The summed E-state index contributed by atoms with van der Waals surface area (Å²) in [4.78, 5) is 24.6. The molecule has 4 nitrogen and oxygen atoms in total. The minimum absolute atomic E-state index is 0.0485. The van der Waals surface area contributed by atoms with Crippen molar-refractivity contribution >= 4 is 11.9 Å². The maximum atomic E-state index is 12.1. The predicted molar refractivity (Wildman–Crippen MR) is 58.5 cm³/mol. The first-order valence-corrected chi connectivity index (χ1v) is 5.62. The average molecular weight is 223 g/mol. The Hall–Kier alpha value is -1.32. The van der Waals surface area contributed by atoms with Crippen LogP contribution in [0.25, 0.3) is 0 Å². The van der Waals surface area contributed by atoms with Gasteiger partial charge in [-0.1, -0.05) is 12.2 Å². The van der Waals surface area contributed by atoms with Crippen molar-refractivity contribution in [2.75, 3.05) is 20.7 Å². The lowest BCUT2D eigenvalue weighted by Crippen LogP contribution is -2.38. The quantitative estimate of drug-likeness (QED) is 0.526. The van der Waals surface area contributed by atoms with Crippen LogP contribution in [-0.4, -0.2) is 37.5 Å².